The molecule has 0 aliphatic rings. The zero-order valence-electron chi connectivity index (χ0n) is 20.2. The van der Waals surface area contributed by atoms with Gasteiger partial charge in [0.25, 0.3) is 0 Å². The van der Waals surface area contributed by atoms with E-state index in [0.717, 1.165) is 38.9 Å². The van der Waals surface area contributed by atoms with Crippen LogP contribution in [0.25, 0.3) is 33.3 Å². The second-order valence-corrected chi connectivity index (χ2v) is 11.9. The van der Waals surface area contributed by atoms with Gasteiger partial charge in [0.2, 0.25) is 0 Å². The van der Waals surface area contributed by atoms with E-state index in [1.807, 2.05) is 57.3 Å². The first-order chi connectivity index (χ1) is 16.4. The van der Waals surface area contributed by atoms with Crippen LogP contribution in [0.4, 0.5) is 4.79 Å². The minimum atomic E-state index is -3.32. The zero-order chi connectivity index (χ0) is 25.4. The summed E-state index contributed by atoms with van der Waals surface area (Å²) in [6.45, 7) is 6.05. The summed E-state index contributed by atoms with van der Waals surface area (Å²) in [7, 11) is -3.32. The number of benzene rings is 2. The van der Waals surface area contributed by atoms with Crippen molar-refractivity contribution in [3.05, 3.63) is 72.6 Å². The fraction of sp³-hybridized carbons (Fsp3) is 0.259. The molecule has 2 heterocycles. The van der Waals surface area contributed by atoms with Gasteiger partial charge in [-0.25, -0.2) is 18.2 Å². The number of fused-ring (bicyclic) bond motifs is 1. The van der Waals surface area contributed by atoms with Crippen molar-refractivity contribution in [2.24, 2.45) is 5.41 Å². The van der Waals surface area contributed by atoms with Crippen molar-refractivity contribution in [2.45, 2.75) is 38.1 Å². The number of hydrogen-bond donors (Lipinski definition) is 3. The first-order valence-electron chi connectivity index (χ1n) is 11.3. The third kappa shape index (κ3) is 5.54. The Balaban J connectivity index is 1.72. The normalized spacial score (nSPS) is 13.0. The van der Waals surface area contributed by atoms with E-state index in [9.17, 15) is 18.3 Å². The fourth-order valence-corrected chi connectivity index (χ4v) is 4.80. The number of nitrogens with one attached hydrogen (secondary N) is 2. The first kappa shape index (κ1) is 24.5. The van der Waals surface area contributed by atoms with Crippen LogP contribution in [0, 0.1) is 5.41 Å². The molecule has 0 spiro atoms. The van der Waals surface area contributed by atoms with Crippen molar-refractivity contribution >= 4 is 27.0 Å². The highest BCUT2D eigenvalue weighted by Gasteiger charge is 2.26. The number of amides is 1. The molecule has 7 nitrogen and oxygen atoms in total. The molecule has 1 unspecified atom stereocenters. The fourth-order valence-electron chi connectivity index (χ4n) is 4.13. The van der Waals surface area contributed by atoms with E-state index >= 15 is 0 Å². The van der Waals surface area contributed by atoms with Gasteiger partial charge < -0.3 is 15.4 Å². The Morgan fingerprint density at radius 3 is 2.46 bits per heavy atom. The molecule has 1 amide bonds. The maximum absolute atomic E-state index is 12.0. The number of rotatable bonds is 6. The summed E-state index contributed by atoms with van der Waals surface area (Å²) in [6.07, 6.45) is 4.36. The van der Waals surface area contributed by atoms with Crippen molar-refractivity contribution in [2.75, 3.05) is 6.26 Å². The summed E-state index contributed by atoms with van der Waals surface area (Å²) in [5, 5.41) is 12.8. The van der Waals surface area contributed by atoms with Crippen LogP contribution in [0.15, 0.2) is 71.9 Å². The van der Waals surface area contributed by atoms with E-state index < -0.39 is 15.9 Å². The Labute approximate surface area is 205 Å². The van der Waals surface area contributed by atoms with E-state index in [4.69, 9.17) is 0 Å². The number of carboxylic acid groups (broad SMARTS) is 1. The molecule has 3 N–H and O–H groups in total. The standard InChI is InChI=1S/C27H29N3O4S/c1-27(2,3)24(30-26(31)32)12-17-7-5-9-19(11-17)23-16-29-25-22(23)14-20(15-28-25)18-8-6-10-21(13-18)35(4,33)34/h5-11,13-16,24,30H,12H2,1-4H3,(H,28,29)(H,31,32). The minimum Gasteiger partial charge on any atom is -0.465 e. The summed E-state index contributed by atoms with van der Waals surface area (Å²) >= 11 is 0. The van der Waals surface area contributed by atoms with Gasteiger partial charge in [0.1, 0.15) is 5.65 Å². The van der Waals surface area contributed by atoms with Crippen LogP contribution < -0.4 is 5.32 Å². The number of aromatic nitrogens is 2. The minimum absolute atomic E-state index is 0.242. The lowest BCUT2D eigenvalue weighted by Crippen LogP contribution is -2.44. The Kier molecular flexibility index (Phi) is 6.42. The highest BCUT2D eigenvalue weighted by atomic mass is 32.2. The Morgan fingerprint density at radius 2 is 1.77 bits per heavy atom. The lowest BCUT2D eigenvalue weighted by Gasteiger charge is -2.30. The SMILES string of the molecule is CC(C)(C)C(Cc1cccc(-c2c[nH]c3ncc(-c4cccc(S(C)(=O)=O)c4)cc23)c1)NC(=O)O. The molecule has 0 radical (unpaired) electrons. The third-order valence-corrected chi connectivity index (χ3v) is 7.26. The summed E-state index contributed by atoms with van der Waals surface area (Å²) in [5.74, 6) is 0. The lowest BCUT2D eigenvalue weighted by atomic mass is 9.82. The molecule has 0 aliphatic carbocycles. The lowest BCUT2D eigenvalue weighted by molar-refractivity contribution is 0.174. The number of H-pyrrole nitrogens is 1. The van der Waals surface area contributed by atoms with Crippen LogP contribution in [0.1, 0.15) is 26.3 Å². The molecule has 0 aliphatic heterocycles. The second kappa shape index (κ2) is 9.19. The summed E-state index contributed by atoms with van der Waals surface area (Å²) in [5.41, 5.74) is 5.06. The van der Waals surface area contributed by atoms with Gasteiger partial charge in [-0.15, -0.1) is 0 Å². The molecule has 0 saturated carbocycles. The zero-order valence-corrected chi connectivity index (χ0v) is 21.0. The molecule has 182 valence electrons. The summed E-state index contributed by atoms with van der Waals surface area (Å²) in [4.78, 5) is 19.3. The second-order valence-electron chi connectivity index (χ2n) is 9.90. The summed E-state index contributed by atoms with van der Waals surface area (Å²) < 4.78 is 24.0. The van der Waals surface area contributed by atoms with E-state index in [2.05, 4.69) is 21.4 Å². The molecule has 2 aromatic heterocycles. The molecular weight excluding hydrogens is 462 g/mol. The van der Waals surface area contributed by atoms with Crippen LogP contribution >= 0.6 is 0 Å². The topological polar surface area (TPSA) is 112 Å². The highest BCUT2D eigenvalue weighted by molar-refractivity contribution is 7.90. The monoisotopic (exact) mass is 491 g/mol. The molecular formula is C27H29N3O4S. The maximum atomic E-state index is 12.0. The molecule has 4 rings (SSSR count). The van der Waals surface area contributed by atoms with Gasteiger partial charge in [0.15, 0.2) is 9.84 Å². The third-order valence-electron chi connectivity index (χ3n) is 6.15. The van der Waals surface area contributed by atoms with Gasteiger partial charge >= 0.3 is 6.09 Å². The van der Waals surface area contributed by atoms with Gasteiger partial charge in [-0.05, 0) is 46.7 Å². The smallest absolute Gasteiger partial charge is 0.404 e. The van der Waals surface area contributed by atoms with Crippen LogP contribution in [0.2, 0.25) is 0 Å². The van der Waals surface area contributed by atoms with Crippen molar-refractivity contribution < 1.29 is 18.3 Å². The molecule has 1 atom stereocenters. The Morgan fingerprint density at radius 1 is 1.06 bits per heavy atom. The van der Waals surface area contributed by atoms with Crippen LogP contribution in [-0.2, 0) is 16.3 Å². The molecule has 35 heavy (non-hydrogen) atoms. The van der Waals surface area contributed by atoms with Crippen molar-refractivity contribution in [3.8, 4) is 22.3 Å². The molecule has 4 aromatic rings. The molecule has 0 fully saturated rings. The van der Waals surface area contributed by atoms with Crippen molar-refractivity contribution in [1.82, 2.24) is 15.3 Å². The predicted molar refractivity (Wildman–Crippen MR) is 138 cm³/mol. The van der Waals surface area contributed by atoms with Gasteiger partial charge in [-0.3, -0.25) is 0 Å². The van der Waals surface area contributed by atoms with E-state index in [0.29, 0.717) is 6.42 Å². The van der Waals surface area contributed by atoms with Gasteiger partial charge in [-0.1, -0.05) is 57.2 Å². The van der Waals surface area contributed by atoms with Gasteiger partial charge in [-0.2, -0.15) is 0 Å². The number of pyridine rings is 1. The number of hydrogen-bond acceptors (Lipinski definition) is 4. The molecule has 0 bridgehead atoms. The largest absolute Gasteiger partial charge is 0.465 e. The van der Waals surface area contributed by atoms with Crippen molar-refractivity contribution in [1.29, 1.82) is 0 Å². The maximum Gasteiger partial charge on any atom is 0.404 e. The Bertz CT molecular complexity index is 1500. The number of sulfone groups is 1. The molecule has 2 aromatic carbocycles. The van der Waals surface area contributed by atoms with E-state index in [1.165, 1.54) is 6.26 Å². The number of carbonyl (C=O) groups is 1. The quantitative estimate of drug-likeness (QED) is 0.328. The predicted octanol–water partition coefficient (Wildman–Crippen LogP) is 5.53. The summed E-state index contributed by atoms with van der Waals surface area (Å²) in [6, 6.07) is 16.7. The highest BCUT2D eigenvalue weighted by Crippen LogP contribution is 2.33. The Hall–Kier alpha value is -3.65. The van der Waals surface area contributed by atoms with E-state index in [-0.39, 0.29) is 16.4 Å². The molecule has 0 saturated heterocycles. The number of aromatic amines is 1. The van der Waals surface area contributed by atoms with Crippen LogP contribution in [0.5, 0.6) is 0 Å². The van der Waals surface area contributed by atoms with E-state index in [1.54, 1.807) is 24.4 Å². The average Bonchev–Trinajstić information content (AvgIpc) is 3.21. The number of nitrogens with zero attached hydrogens (tertiary/aromatic N) is 1. The van der Waals surface area contributed by atoms with Crippen LogP contribution in [-0.4, -0.2) is 41.9 Å². The van der Waals surface area contributed by atoms with Crippen LogP contribution in [0.3, 0.4) is 0 Å². The van der Waals surface area contributed by atoms with Gasteiger partial charge in [0.05, 0.1) is 4.90 Å². The average molecular weight is 492 g/mol. The van der Waals surface area contributed by atoms with Gasteiger partial charge in [0, 0.05) is 41.2 Å². The van der Waals surface area contributed by atoms with Crippen molar-refractivity contribution in [3.63, 3.8) is 0 Å². The first-order valence-corrected chi connectivity index (χ1v) is 13.2. The molecule has 8 heteroatoms.